The highest BCUT2D eigenvalue weighted by molar-refractivity contribution is 7.98. The Bertz CT molecular complexity index is 2140. The number of halogens is 1. The number of nitriles is 1. The average Bonchev–Trinajstić information content (AvgIpc) is 3.41. The second kappa shape index (κ2) is 16.7. The number of hydrogen-bond donors (Lipinski definition) is 1. The summed E-state index contributed by atoms with van der Waals surface area (Å²) in [6, 6.07) is 18.8. The predicted molar refractivity (Wildman–Crippen MR) is 198 cm³/mol. The number of aromatic nitrogens is 2. The number of piperidine rings is 1. The van der Waals surface area contributed by atoms with Gasteiger partial charge in [-0.1, -0.05) is 49.3 Å². The molecule has 4 amide bonds. The smallest absolute Gasteiger partial charge is 0.262 e. The van der Waals surface area contributed by atoms with E-state index in [4.69, 9.17) is 30.5 Å². The highest BCUT2D eigenvalue weighted by atomic mass is 35.5. The Kier molecular flexibility index (Phi) is 11.8. The van der Waals surface area contributed by atoms with Gasteiger partial charge in [-0.15, -0.1) is 0 Å². The van der Waals surface area contributed by atoms with Crippen LogP contribution in [0.25, 0.3) is 0 Å². The molecule has 2 aliphatic heterocycles. The quantitative estimate of drug-likeness (QED) is 0.0698. The monoisotopic (exact) mass is 769 g/mol. The molecule has 1 N–H and O–H groups in total. The van der Waals surface area contributed by atoms with Crippen molar-refractivity contribution in [3.63, 3.8) is 0 Å². The van der Waals surface area contributed by atoms with Crippen LogP contribution >= 0.6 is 23.4 Å². The first kappa shape index (κ1) is 38.2. The summed E-state index contributed by atoms with van der Waals surface area (Å²) in [7, 11) is 0. The van der Waals surface area contributed by atoms with Crippen LogP contribution in [-0.4, -0.2) is 77.2 Å². The minimum atomic E-state index is -1.04. The Labute approximate surface area is 320 Å². The van der Waals surface area contributed by atoms with Gasteiger partial charge in [0.2, 0.25) is 11.8 Å². The first-order chi connectivity index (χ1) is 26.0. The lowest BCUT2D eigenvalue weighted by atomic mass is 9.77. The molecule has 278 valence electrons. The molecule has 0 saturated carbocycles. The van der Waals surface area contributed by atoms with Gasteiger partial charge in [-0.05, 0) is 72.3 Å². The maximum absolute atomic E-state index is 13.0. The Morgan fingerprint density at radius 2 is 1.63 bits per heavy atom. The molecule has 0 radical (unpaired) electrons. The van der Waals surface area contributed by atoms with Crippen LogP contribution in [0.1, 0.15) is 69.8 Å². The number of carbonyl (C=O) groups is 4. The molecule has 0 aliphatic carbocycles. The molecule has 1 fully saturated rings. The van der Waals surface area contributed by atoms with E-state index < -0.39 is 35.1 Å². The van der Waals surface area contributed by atoms with Gasteiger partial charge in [-0.3, -0.25) is 29.4 Å². The minimum absolute atomic E-state index is 0.0420. The number of rotatable bonds is 15. The third-order valence-corrected chi connectivity index (χ3v) is 9.95. The van der Waals surface area contributed by atoms with Gasteiger partial charge < -0.3 is 18.9 Å². The lowest BCUT2D eigenvalue weighted by Gasteiger charge is -2.27. The zero-order chi connectivity index (χ0) is 38.4. The molecular formula is C39H36ClN5O8S. The predicted octanol–water partition coefficient (Wildman–Crippen LogP) is 5.50. The zero-order valence-corrected chi connectivity index (χ0v) is 31.3. The number of hydrogen-bond acceptors (Lipinski definition) is 12. The number of ether oxygens (including phenoxy) is 4. The molecule has 13 nitrogen and oxygen atoms in total. The van der Waals surface area contributed by atoms with Crippen molar-refractivity contribution in [2.24, 2.45) is 0 Å². The van der Waals surface area contributed by atoms with Crippen molar-refractivity contribution in [2.45, 2.75) is 49.9 Å². The van der Waals surface area contributed by atoms with Crippen LogP contribution < -0.4 is 19.5 Å². The maximum atomic E-state index is 13.0. The van der Waals surface area contributed by atoms with Crippen molar-refractivity contribution in [1.82, 2.24) is 20.2 Å². The SMILES string of the molecule is CSc1nccc(COc2ccc(C(C)(C)c3cc(Cl)c(OCCOCCOc4ccc5c(c4)C(=O)N(C4CCC(=O)NC4=O)C5=O)c(C#N)c3)cc2)n1. The van der Waals surface area contributed by atoms with E-state index in [1.165, 1.54) is 23.9 Å². The third-order valence-electron chi connectivity index (χ3n) is 9.10. The molecule has 1 saturated heterocycles. The number of fused-ring (bicyclic) bond motifs is 1. The first-order valence-corrected chi connectivity index (χ1v) is 18.6. The van der Waals surface area contributed by atoms with Gasteiger partial charge in [0.15, 0.2) is 10.9 Å². The molecule has 6 rings (SSSR count). The lowest BCUT2D eigenvalue weighted by molar-refractivity contribution is -0.136. The van der Waals surface area contributed by atoms with Gasteiger partial charge in [-0.25, -0.2) is 9.97 Å². The van der Waals surface area contributed by atoms with E-state index in [-0.39, 0.29) is 56.1 Å². The second-order valence-corrected chi connectivity index (χ2v) is 14.1. The van der Waals surface area contributed by atoms with Gasteiger partial charge in [-0.2, -0.15) is 5.26 Å². The van der Waals surface area contributed by atoms with Crippen LogP contribution in [-0.2, 0) is 26.3 Å². The van der Waals surface area contributed by atoms with E-state index >= 15 is 0 Å². The minimum Gasteiger partial charge on any atom is -0.491 e. The van der Waals surface area contributed by atoms with Gasteiger partial charge in [0.1, 0.15) is 43.4 Å². The van der Waals surface area contributed by atoms with E-state index in [0.29, 0.717) is 33.8 Å². The van der Waals surface area contributed by atoms with Gasteiger partial charge in [0.05, 0.1) is 40.6 Å². The van der Waals surface area contributed by atoms with Crippen molar-refractivity contribution in [1.29, 1.82) is 5.26 Å². The van der Waals surface area contributed by atoms with Crippen LogP contribution in [0.3, 0.4) is 0 Å². The molecule has 0 spiro atoms. The molecule has 1 aromatic heterocycles. The van der Waals surface area contributed by atoms with Crippen molar-refractivity contribution in [2.75, 3.05) is 32.7 Å². The van der Waals surface area contributed by atoms with Crippen LogP contribution in [0.15, 0.2) is 72.0 Å². The van der Waals surface area contributed by atoms with Gasteiger partial charge >= 0.3 is 0 Å². The van der Waals surface area contributed by atoms with E-state index in [2.05, 4.69) is 21.4 Å². The van der Waals surface area contributed by atoms with E-state index in [0.717, 1.165) is 21.7 Å². The Hall–Kier alpha value is -5.49. The van der Waals surface area contributed by atoms with Crippen molar-refractivity contribution < 1.29 is 38.1 Å². The number of thioether (sulfide) groups is 1. The molecular weight excluding hydrogens is 734 g/mol. The Balaban J connectivity index is 0.973. The summed E-state index contributed by atoms with van der Waals surface area (Å²) in [5.41, 5.74) is 2.71. The summed E-state index contributed by atoms with van der Waals surface area (Å²) < 4.78 is 23.2. The standard InChI is InChI=1S/C39H36ClN5O8S/c1-39(2,24-4-6-27(7-5-24)53-22-26-12-13-42-38(43-26)54-3)25-18-23(21-41)34(31(40)19-25)52-17-15-50-14-16-51-28-8-9-29-30(20-28)37(49)45(36(29)48)32-10-11-33(46)44-35(32)47/h4-9,12-13,18-20,32H,10-11,14-17,22H2,1-3H3,(H,44,46,47). The Morgan fingerprint density at radius 1 is 0.907 bits per heavy atom. The highest BCUT2D eigenvalue weighted by Gasteiger charge is 2.44. The summed E-state index contributed by atoms with van der Waals surface area (Å²) >= 11 is 8.13. The van der Waals surface area contributed by atoms with E-state index in [1.807, 2.05) is 50.4 Å². The third kappa shape index (κ3) is 8.33. The molecule has 54 heavy (non-hydrogen) atoms. The molecule has 0 bridgehead atoms. The number of nitrogens with one attached hydrogen (secondary N) is 1. The zero-order valence-electron chi connectivity index (χ0n) is 29.7. The van der Waals surface area contributed by atoms with Crippen molar-refractivity contribution in [3.8, 4) is 23.3 Å². The number of imide groups is 2. The summed E-state index contributed by atoms with van der Waals surface area (Å²) in [6.45, 7) is 5.04. The largest absolute Gasteiger partial charge is 0.491 e. The molecule has 1 unspecified atom stereocenters. The second-order valence-electron chi connectivity index (χ2n) is 12.9. The fraction of sp³-hybridized carbons (Fsp3) is 0.308. The molecule has 1 atom stereocenters. The Morgan fingerprint density at radius 3 is 2.35 bits per heavy atom. The lowest BCUT2D eigenvalue weighted by Crippen LogP contribution is -2.54. The molecule has 3 heterocycles. The summed E-state index contributed by atoms with van der Waals surface area (Å²) in [4.78, 5) is 59.3. The van der Waals surface area contributed by atoms with Crippen LogP contribution in [0.4, 0.5) is 0 Å². The average molecular weight is 770 g/mol. The maximum Gasteiger partial charge on any atom is 0.262 e. The molecule has 4 aromatic rings. The van der Waals surface area contributed by atoms with Gasteiger partial charge in [0, 0.05) is 18.0 Å². The number of amides is 4. The first-order valence-electron chi connectivity index (χ1n) is 17.0. The topological polar surface area (TPSA) is 170 Å². The molecule has 2 aliphatic rings. The van der Waals surface area contributed by atoms with Crippen molar-refractivity contribution in [3.05, 3.63) is 105 Å². The number of benzene rings is 3. The summed E-state index contributed by atoms with van der Waals surface area (Å²) in [5, 5.41) is 13.1. The highest BCUT2D eigenvalue weighted by Crippen LogP contribution is 2.39. The van der Waals surface area contributed by atoms with E-state index in [1.54, 1.807) is 24.4 Å². The number of nitrogens with zero attached hydrogens (tertiary/aromatic N) is 4. The molecule has 15 heteroatoms. The number of carbonyl (C=O) groups excluding carboxylic acids is 4. The van der Waals surface area contributed by atoms with Crippen LogP contribution in [0, 0.1) is 11.3 Å². The van der Waals surface area contributed by atoms with Gasteiger partial charge in [0.25, 0.3) is 11.8 Å². The van der Waals surface area contributed by atoms with Crippen LogP contribution in [0.5, 0.6) is 17.2 Å². The molecule has 3 aromatic carbocycles. The van der Waals surface area contributed by atoms with E-state index in [9.17, 15) is 24.4 Å². The van der Waals surface area contributed by atoms with Crippen molar-refractivity contribution >= 4 is 47.0 Å². The van der Waals surface area contributed by atoms with Crippen LogP contribution in [0.2, 0.25) is 5.02 Å². The fourth-order valence-corrected chi connectivity index (χ4v) is 6.74. The summed E-state index contributed by atoms with van der Waals surface area (Å²) in [6.07, 6.45) is 3.75. The normalized spacial score (nSPS) is 15.5. The summed E-state index contributed by atoms with van der Waals surface area (Å²) in [5.74, 6) is -0.999. The fourth-order valence-electron chi connectivity index (χ4n) is 6.09.